The van der Waals surface area contributed by atoms with Gasteiger partial charge >= 0.3 is 0 Å². The van der Waals surface area contributed by atoms with Crippen molar-refractivity contribution in [3.63, 3.8) is 0 Å². The molecule has 2 unspecified atom stereocenters. The van der Waals surface area contributed by atoms with Crippen molar-refractivity contribution in [2.24, 2.45) is 11.8 Å². The minimum absolute atomic E-state index is 0.792. The third-order valence-electron chi connectivity index (χ3n) is 3.05. The summed E-state index contributed by atoms with van der Waals surface area (Å²) in [4.78, 5) is 2.64. The lowest BCUT2D eigenvalue weighted by molar-refractivity contribution is 0.162. The molecular formula is C12H26N2. The summed E-state index contributed by atoms with van der Waals surface area (Å²) in [5.74, 6) is 1.70. The number of nitrogens with one attached hydrogen (secondary N) is 1. The van der Waals surface area contributed by atoms with E-state index >= 15 is 0 Å². The van der Waals surface area contributed by atoms with Gasteiger partial charge in [-0.15, -0.1) is 0 Å². The highest BCUT2D eigenvalue weighted by atomic mass is 15.1. The quantitative estimate of drug-likeness (QED) is 0.726. The second-order valence-electron chi connectivity index (χ2n) is 4.92. The van der Waals surface area contributed by atoms with Gasteiger partial charge in [0.2, 0.25) is 0 Å². The molecular weight excluding hydrogens is 172 g/mol. The van der Waals surface area contributed by atoms with Gasteiger partial charge in [0.15, 0.2) is 0 Å². The molecule has 0 aromatic heterocycles. The molecule has 0 bridgehead atoms. The van der Waals surface area contributed by atoms with Crippen LogP contribution in [0.3, 0.4) is 0 Å². The number of likely N-dealkylation sites (tertiary alicyclic amines) is 1. The first-order chi connectivity index (χ1) is 6.72. The van der Waals surface area contributed by atoms with E-state index in [1.165, 1.54) is 39.0 Å². The summed E-state index contributed by atoms with van der Waals surface area (Å²) in [6.07, 6.45) is 2.83. The fourth-order valence-corrected chi connectivity index (χ4v) is 2.35. The first-order valence-corrected chi connectivity index (χ1v) is 6.15. The van der Waals surface area contributed by atoms with Crippen LogP contribution in [0, 0.1) is 11.8 Å². The van der Waals surface area contributed by atoms with Gasteiger partial charge < -0.3 is 10.2 Å². The summed E-state index contributed by atoms with van der Waals surface area (Å²) in [7, 11) is 0. The summed E-state index contributed by atoms with van der Waals surface area (Å²) >= 11 is 0. The Labute approximate surface area is 89.1 Å². The van der Waals surface area contributed by atoms with Crippen LogP contribution in [0.4, 0.5) is 0 Å². The van der Waals surface area contributed by atoms with Gasteiger partial charge in [-0.3, -0.25) is 0 Å². The van der Waals surface area contributed by atoms with Gasteiger partial charge in [-0.25, -0.2) is 0 Å². The van der Waals surface area contributed by atoms with Gasteiger partial charge in [0.05, 0.1) is 0 Å². The van der Waals surface area contributed by atoms with Gasteiger partial charge in [-0.2, -0.15) is 0 Å². The van der Waals surface area contributed by atoms with Crippen LogP contribution in [-0.4, -0.2) is 37.6 Å². The lowest BCUT2D eigenvalue weighted by atomic mass is 9.99. The molecule has 0 aromatic carbocycles. The van der Waals surface area contributed by atoms with Crippen molar-refractivity contribution in [1.82, 2.24) is 10.2 Å². The van der Waals surface area contributed by atoms with Gasteiger partial charge in [0.1, 0.15) is 0 Å². The summed E-state index contributed by atoms with van der Waals surface area (Å²) in [5.41, 5.74) is 0. The molecule has 1 saturated heterocycles. The number of rotatable bonds is 5. The third kappa shape index (κ3) is 4.43. The van der Waals surface area contributed by atoms with Gasteiger partial charge in [0.25, 0.3) is 0 Å². The van der Waals surface area contributed by atoms with E-state index in [0.29, 0.717) is 0 Å². The Kier molecular flexibility index (Phi) is 5.49. The molecule has 0 aliphatic carbocycles. The number of nitrogens with zero attached hydrogens (tertiary/aromatic N) is 1. The third-order valence-corrected chi connectivity index (χ3v) is 3.05. The fourth-order valence-electron chi connectivity index (χ4n) is 2.35. The largest absolute Gasteiger partial charge is 0.317 e. The average Bonchev–Trinajstić information content (AvgIpc) is 2.15. The SMILES string of the molecule is CCNCC(C)CN1CCCC(C)C1. The Hall–Kier alpha value is -0.0800. The van der Waals surface area contributed by atoms with Crippen molar-refractivity contribution < 1.29 is 0 Å². The highest BCUT2D eigenvalue weighted by molar-refractivity contribution is 4.72. The summed E-state index contributed by atoms with van der Waals surface area (Å²) in [6, 6.07) is 0. The van der Waals surface area contributed by atoms with E-state index in [2.05, 4.69) is 31.0 Å². The van der Waals surface area contributed by atoms with Crippen LogP contribution in [0.5, 0.6) is 0 Å². The molecule has 1 aliphatic rings. The predicted molar refractivity (Wildman–Crippen MR) is 62.5 cm³/mol. The zero-order chi connectivity index (χ0) is 10.4. The number of piperidine rings is 1. The molecule has 0 spiro atoms. The second-order valence-corrected chi connectivity index (χ2v) is 4.92. The minimum Gasteiger partial charge on any atom is -0.317 e. The van der Waals surface area contributed by atoms with Gasteiger partial charge in [0, 0.05) is 13.1 Å². The molecule has 0 aromatic rings. The molecule has 1 heterocycles. The lowest BCUT2D eigenvalue weighted by Gasteiger charge is -2.32. The molecule has 1 rings (SSSR count). The van der Waals surface area contributed by atoms with Crippen molar-refractivity contribution >= 4 is 0 Å². The van der Waals surface area contributed by atoms with Crippen LogP contribution >= 0.6 is 0 Å². The highest BCUT2D eigenvalue weighted by Gasteiger charge is 2.17. The summed E-state index contributed by atoms with van der Waals surface area (Å²) < 4.78 is 0. The van der Waals surface area contributed by atoms with Crippen LogP contribution in [0.2, 0.25) is 0 Å². The molecule has 1 aliphatic heterocycles. The Morgan fingerprint density at radius 3 is 2.93 bits per heavy atom. The minimum atomic E-state index is 0.792. The first-order valence-electron chi connectivity index (χ1n) is 6.15. The Morgan fingerprint density at radius 1 is 1.50 bits per heavy atom. The molecule has 0 saturated carbocycles. The van der Waals surface area contributed by atoms with Crippen molar-refractivity contribution in [3.05, 3.63) is 0 Å². The van der Waals surface area contributed by atoms with Crippen molar-refractivity contribution in [2.45, 2.75) is 33.6 Å². The number of hydrogen-bond acceptors (Lipinski definition) is 2. The molecule has 84 valence electrons. The van der Waals surface area contributed by atoms with Crippen molar-refractivity contribution in [2.75, 3.05) is 32.7 Å². The van der Waals surface area contributed by atoms with Crippen molar-refractivity contribution in [1.29, 1.82) is 0 Å². The zero-order valence-electron chi connectivity index (χ0n) is 10.1. The fraction of sp³-hybridized carbons (Fsp3) is 1.00. The molecule has 1 N–H and O–H groups in total. The highest BCUT2D eigenvalue weighted by Crippen LogP contribution is 2.16. The molecule has 1 fully saturated rings. The van der Waals surface area contributed by atoms with E-state index in [1.807, 2.05) is 0 Å². The first kappa shape index (κ1) is 12.0. The Balaban J connectivity index is 2.15. The summed E-state index contributed by atoms with van der Waals surface area (Å²) in [6.45, 7) is 13.1. The van der Waals surface area contributed by atoms with Gasteiger partial charge in [-0.1, -0.05) is 20.8 Å². The predicted octanol–water partition coefficient (Wildman–Crippen LogP) is 1.96. The summed E-state index contributed by atoms with van der Waals surface area (Å²) in [5, 5.41) is 3.42. The molecule has 0 amide bonds. The second kappa shape index (κ2) is 6.41. The van der Waals surface area contributed by atoms with E-state index in [-0.39, 0.29) is 0 Å². The Bertz CT molecular complexity index is 147. The molecule has 0 radical (unpaired) electrons. The van der Waals surface area contributed by atoms with Crippen LogP contribution < -0.4 is 5.32 Å². The molecule has 2 heteroatoms. The van der Waals surface area contributed by atoms with Crippen LogP contribution in [-0.2, 0) is 0 Å². The maximum absolute atomic E-state index is 3.42. The molecule has 2 nitrogen and oxygen atoms in total. The van der Waals surface area contributed by atoms with Crippen molar-refractivity contribution in [3.8, 4) is 0 Å². The normalized spacial score (nSPS) is 26.4. The zero-order valence-corrected chi connectivity index (χ0v) is 10.1. The standard InChI is InChI=1S/C12H26N2/c1-4-13-8-12(3)10-14-7-5-6-11(2)9-14/h11-13H,4-10H2,1-3H3. The van der Waals surface area contributed by atoms with E-state index in [0.717, 1.165) is 18.4 Å². The van der Waals surface area contributed by atoms with Gasteiger partial charge in [-0.05, 0) is 44.3 Å². The smallest absolute Gasteiger partial charge is 0.00193 e. The van der Waals surface area contributed by atoms with E-state index in [1.54, 1.807) is 0 Å². The van der Waals surface area contributed by atoms with Crippen LogP contribution in [0.15, 0.2) is 0 Å². The van der Waals surface area contributed by atoms with Crippen LogP contribution in [0.25, 0.3) is 0 Å². The topological polar surface area (TPSA) is 15.3 Å². The van der Waals surface area contributed by atoms with Crippen LogP contribution in [0.1, 0.15) is 33.6 Å². The lowest BCUT2D eigenvalue weighted by Crippen LogP contribution is -2.39. The average molecular weight is 198 g/mol. The monoisotopic (exact) mass is 198 g/mol. The van der Waals surface area contributed by atoms with E-state index < -0.39 is 0 Å². The maximum atomic E-state index is 3.42. The molecule has 2 atom stereocenters. The van der Waals surface area contributed by atoms with E-state index in [9.17, 15) is 0 Å². The maximum Gasteiger partial charge on any atom is 0.00193 e. The Morgan fingerprint density at radius 2 is 2.29 bits per heavy atom. The molecule has 14 heavy (non-hydrogen) atoms. The van der Waals surface area contributed by atoms with E-state index in [4.69, 9.17) is 0 Å². The number of hydrogen-bond donors (Lipinski definition) is 1.